The fraction of sp³-hybridized carbons (Fsp3) is 0.211. The largest absolute Gasteiger partial charge is 0.324 e. The van der Waals surface area contributed by atoms with Gasteiger partial charge in [0.1, 0.15) is 6.04 Å². The van der Waals surface area contributed by atoms with Crippen LogP contribution in [0.3, 0.4) is 0 Å². The van der Waals surface area contributed by atoms with Crippen molar-refractivity contribution >= 4 is 23.4 Å². The van der Waals surface area contributed by atoms with Gasteiger partial charge in [-0.25, -0.2) is 0 Å². The fourth-order valence-corrected chi connectivity index (χ4v) is 2.86. The highest BCUT2D eigenvalue weighted by atomic mass is 16.2. The number of benzene rings is 2. The molecule has 2 aromatic rings. The monoisotopic (exact) mass is 322 g/mol. The third-order valence-corrected chi connectivity index (χ3v) is 4.25. The number of para-hydroxylation sites is 1. The molecule has 1 heterocycles. The van der Waals surface area contributed by atoms with Gasteiger partial charge < -0.3 is 5.32 Å². The minimum Gasteiger partial charge on any atom is -0.324 e. The van der Waals surface area contributed by atoms with E-state index < -0.39 is 17.9 Å². The Labute approximate surface area is 140 Å². The number of nitrogens with zero attached hydrogens (tertiary/aromatic N) is 1. The summed E-state index contributed by atoms with van der Waals surface area (Å²) in [5.74, 6) is -1.24. The van der Waals surface area contributed by atoms with Crippen molar-refractivity contribution in [2.24, 2.45) is 0 Å². The van der Waals surface area contributed by atoms with Crippen LogP contribution in [0.4, 0.5) is 5.69 Å². The van der Waals surface area contributed by atoms with Crippen LogP contribution in [-0.4, -0.2) is 28.7 Å². The van der Waals surface area contributed by atoms with Crippen LogP contribution in [0.1, 0.15) is 40.1 Å². The molecule has 0 bridgehead atoms. The second-order valence-electron chi connectivity index (χ2n) is 5.70. The highest BCUT2D eigenvalue weighted by Gasteiger charge is 2.40. The Kier molecular flexibility index (Phi) is 4.16. The molecular formula is C19H18N2O3. The molecule has 0 saturated carbocycles. The molecule has 0 aromatic heterocycles. The fourth-order valence-electron chi connectivity index (χ4n) is 2.86. The van der Waals surface area contributed by atoms with Crippen LogP contribution in [0.5, 0.6) is 0 Å². The van der Waals surface area contributed by atoms with Crippen molar-refractivity contribution in [3.63, 3.8) is 0 Å². The zero-order chi connectivity index (χ0) is 17.3. The molecule has 0 spiro atoms. The molecular weight excluding hydrogens is 304 g/mol. The number of carbonyl (C=O) groups excluding carboxylic acids is 3. The zero-order valence-electron chi connectivity index (χ0n) is 13.6. The molecule has 0 aliphatic carbocycles. The standard InChI is InChI=1S/C19H18N2O3/c1-3-13-8-4-7-11-16(13)20-17(22)12(2)21-18(23)14-9-5-6-10-15(14)19(21)24/h4-12H,3H2,1-2H3,(H,20,22)/t12-/m0/s1. The van der Waals surface area contributed by atoms with Gasteiger partial charge in [-0.05, 0) is 37.1 Å². The Morgan fingerprint density at radius 1 is 1.00 bits per heavy atom. The number of fused-ring (bicyclic) bond motifs is 1. The summed E-state index contributed by atoms with van der Waals surface area (Å²) < 4.78 is 0. The Morgan fingerprint density at radius 3 is 2.12 bits per heavy atom. The topological polar surface area (TPSA) is 66.5 Å². The molecule has 1 aliphatic heterocycles. The quantitative estimate of drug-likeness (QED) is 0.880. The van der Waals surface area contributed by atoms with Crippen molar-refractivity contribution in [3.8, 4) is 0 Å². The van der Waals surface area contributed by atoms with Gasteiger partial charge in [0.2, 0.25) is 5.91 Å². The predicted octanol–water partition coefficient (Wildman–Crippen LogP) is 2.87. The number of carbonyl (C=O) groups is 3. The molecule has 3 amide bonds. The van der Waals surface area contributed by atoms with E-state index in [0.717, 1.165) is 16.9 Å². The van der Waals surface area contributed by atoms with Gasteiger partial charge in [-0.15, -0.1) is 0 Å². The summed E-state index contributed by atoms with van der Waals surface area (Å²) in [6.07, 6.45) is 0.776. The number of anilines is 1. The van der Waals surface area contributed by atoms with E-state index in [1.54, 1.807) is 31.2 Å². The highest BCUT2D eigenvalue weighted by Crippen LogP contribution is 2.25. The van der Waals surface area contributed by atoms with Crippen LogP contribution in [0.15, 0.2) is 48.5 Å². The summed E-state index contributed by atoms with van der Waals surface area (Å²) in [4.78, 5) is 38.5. The molecule has 3 rings (SSSR count). The van der Waals surface area contributed by atoms with E-state index in [-0.39, 0.29) is 5.91 Å². The first-order valence-corrected chi connectivity index (χ1v) is 7.90. The van der Waals surface area contributed by atoms with E-state index in [2.05, 4.69) is 5.32 Å². The summed E-state index contributed by atoms with van der Waals surface area (Å²) in [5.41, 5.74) is 2.39. The molecule has 122 valence electrons. The minimum atomic E-state index is -0.887. The van der Waals surface area contributed by atoms with Gasteiger partial charge in [0.25, 0.3) is 11.8 Å². The first-order chi connectivity index (χ1) is 11.5. The van der Waals surface area contributed by atoms with Crippen molar-refractivity contribution in [3.05, 3.63) is 65.2 Å². The second kappa shape index (κ2) is 6.28. The van der Waals surface area contributed by atoms with Gasteiger partial charge in [0, 0.05) is 5.69 Å². The Hall–Kier alpha value is -2.95. The summed E-state index contributed by atoms with van der Waals surface area (Å²) in [6.45, 7) is 3.56. The van der Waals surface area contributed by atoms with E-state index in [1.807, 2.05) is 31.2 Å². The minimum absolute atomic E-state index is 0.344. The van der Waals surface area contributed by atoms with Crippen LogP contribution < -0.4 is 5.32 Å². The summed E-state index contributed by atoms with van der Waals surface area (Å²) >= 11 is 0. The number of aryl methyl sites for hydroxylation is 1. The van der Waals surface area contributed by atoms with E-state index in [4.69, 9.17) is 0 Å². The van der Waals surface area contributed by atoms with E-state index in [1.165, 1.54) is 0 Å². The maximum atomic E-state index is 12.6. The number of hydrogen-bond donors (Lipinski definition) is 1. The zero-order valence-corrected chi connectivity index (χ0v) is 13.6. The molecule has 1 atom stereocenters. The highest BCUT2D eigenvalue weighted by molar-refractivity contribution is 6.23. The van der Waals surface area contributed by atoms with Crippen LogP contribution in [0.2, 0.25) is 0 Å². The lowest BCUT2D eigenvalue weighted by Gasteiger charge is -2.22. The molecule has 0 unspecified atom stereocenters. The third kappa shape index (κ3) is 2.58. The van der Waals surface area contributed by atoms with Gasteiger partial charge in [-0.2, -0.15) is 0 Å². The third-order valence-electron chi connectivity index (χ3n) is 4.25. The van der Waals surface area contributed by atoms with Crippen LogP contribution in [0, 0.1) is 0 Å². The number of amides is 3. The van der Waals surface area contributed by atoms with Gasteiger partial charge in [-0.1, -0.05) is 37.3 Å². The molecule has 0 fully saturated rings. The lowest BCUT2D eigenvalue weighted by Crippen LogP contribution is -2.45. The molecule has 5 heteroatoms. The lowest BCUT2D eigenvalue weighted by atomic mass is 10.1. The van der Waals surface area contributed by atoms with Gasteiger partial charge in [0.15, 0.2) is 0 Å². The van der Waals surface area contributed by atoms with Crippen molar-refractivity contribution in [2.75, 3.05) is 5.32 Å². The SMILES string of the molecule is CCc1ccccc1NC(=O)[C@H](C)N1C(=O)c2ccccc2C1=O. The van der Waals surface area contributed by atoms with Crippen LogP contribution >= 0.6 is 0 Å². The van der Waals surface area contributed by atoms with Crippen LogP contribution in [-0.2, 0) is 11.2 Å². The molecule has 0 radical (unpaired) electrons. The van der Waals surface area contributed by atoms with Gasteiger partial charge in [-0.3, -0.25) is 19.3 Å². The predicted molar refractivity (Wildman–Crippen MR) is 90.9 cm³/mol. The van der Waals surface area contributed by atoms with Crippen LogP contribution in [0.25, 0.3) is 0 Å². The van der Waals surface area contributed by atoms with Crippen molar-refractivity contribution in [2.45, 2.75) is 26.3 Å². The van der Waals surface area contributed by atoms with Crippen molar-refractivity contribution < 1.29 is 14.4 Å². The van der Waals surface area contributed by atoms with Gasteiger partial charge >= 0.3 is 0 Å². The second-order valence-corrected chi connectivity index (χ2v) is 5.70. The first kappa shape index (κ1) is 15.9. The molecule has 0 saturated heterocycles. The maximum Gasteiger partial charge on any atom is 0.262 e. The summed E-state index contributed by atoms with van der Waals surface area (Å²) in [6, 6.07) is 13.2. The Bertz CT molecular complexity index is 794. The summed E-state index contributed by atoms with van der Waals surface area (Å²) in [5, 5.41) is 2.82. The van der Waals surface area contributed by atoms with E-state index >= 15 is 0 Å². The number of nitrogens with one attached hydrogen (secondary N) is 1. The van der Waals surface area contributed by atoms with E-state index in [0.29, 0.717) is 16.8 Å². The van der Waals surface area contributed by atoms with E-state index in [9.17, 15) is 14.4 Å². The molecule has 5 nitrogen and oxygen atoms in total. The van der Waals surface area contributed by atoms with Gasteiger partial charge in [0.05, 0.1) is 11.1 Å². The number of hydrogen-bond acceptors (Lipinski definition) is 3. The Balaban J connectivity index is 1.82. The normalized spacial score (nSPS) is 14.5. The molecule has 1 aliphatic rings. The average Bonchev–Trinajstić information content (AvgIpc) is 2.86. The lowest BCUT2D eigenvalue weighted by molar-refractivity contribution is -0.119. The number of rotatable bonds is 4. The smallest absolute Gasteiger partial charge is 0.262 e. The van der Waals surface area contributed by atoms with Crippen molar-refractivity contribution in [1.82, 2.24) is 4.90 Å². The van der Waals surface area contributed by atoms with Crippen molar-refractivity contribution in [1.29, 1.82) is 0 Å². The summed E-state index contributed by atoms with van der Waals surface area (Å²) in [7, 11) is 0. The molecule has 24 heavy (non-hydrogen) atoms. The maximum absolute atomic E-state index is 12.6. The number of imide groups is 1. The molecule has 1 N–H and O–H groups in total. The average molecular weight is 322 g/mol. The first-order valence-electron chi connectivity index (χ1n) is 7.90. The Morgan fingerprint density at radius 2 is 1.54 bits per heavy atom. The molecule has 2 aromatic carbocycles.